The number of rotatable bonds is 3. The highest BCUT2D eigenvalue weighted by Crippen LogP contribution is 2.14. The zero-order chi connectivity index (χ0) is 8.36. The van der Waals surface area contributed by atoms with Crippen molar-refractivity contribution in [2.45, 2.75) is 45.7 Å². The second kappa shape index (κ2) is 3.28. The van der Waals surface area contributed by atoms with Gasteiger partial charge in [-0.3, -0.25) is 0 Å². The Bertz CT molecular complexity index is 99.8. The highest BCUT2D eigenvalue weighted by Gasteiger charge is 2.29. The van der Waals surface area contributed by atoms with Crippen LogP contribution >= 0.6 is 0 Å². The summed E-state index contributed by atoms with van der Waals surface area (Å²) in [6.45, 7) is 6.70. The molecule has 62 valence electrons. The van der Waals surface area contributed by atoms with E-state index >= 15 is 0 Å². The Morgan fingerprint density at radius 2 is 1.60 bits per heavy atom. The van der Waals surface area contributed by atoms with Crippen LogP contribution in [0.5, 0.6) is 0 Å². The maximum Gasteiger partial charge on any atom is 0.255 e. The Morgan fingerprint density at radius 1 is 1.20 bits per heavy atom. The lowest BCUT2D eigenvalue weighted by Gasteiger charge is -2.27. The van der Waals surface area contributed by atoms with Crippen LogP contribution in [0.1, 0.15) is 27.7 Å². The van der Waals surface area contributed by atoms with E-state index in [4.69, 9.17) is 0 Å². The maximum absolute atomic E-state index is 12.1. The fourth-order valence-corrected chi connectivity index (χ4v) is 0.807. The fourth-order valence-electron chi connectivity index (χ4n) is 0.807. The van der Waals surface area contributed by atoms with Crippen LogP contribution in [0.3, 0.4) is 0 Å². The summed E-state index contributed by atoms with van der Waals surface area (Å²) in [7, 11) is 0. The first-order valence-electron chi connectivity index (χ1n) is 3.42. The molecule has 0 atom stereocenters. The highest BCUT2D eigenvalue weighted by atomic mass is 19.3. The summed E-state index contributed by atoms with van der Waals surface area (Å²) in [4.78, 5) is 0. The van der Waals surface area contributed by atoms with E-state index in [1.807, 2.05) is 13.8 Å². The first-order chi connectivity index (χ1) is 4.36. The topological polar surface area (TPSA) is 12.0 Å². The Labute approximate surface area is 60.8 Å². The van der Waals surface area contributed by atoms with Crippen molar-refractivity contribution >= 4 is 0 Å². The van der Waals surface area contributed by atoms with Crippen molar-refractivity contribution in [1.82, 2.24) is 5.32 Å². The van der Waals surface area contributed by atoms with Gasteiger partial charge in [-0.05, 0) is 13.8 Å². The molecule has 0 aromatic carbocycles. The predicted molar refractivity (Wildman–Crippen MR) is 38.4 cm³/mol. The number of alkyl halides is 2. The molecule has 1 N–H and O–H groups in total. The van der Waals surface area contributed by atoms with Gasteiger partial charge in [0, 0.05) is 6.04 Å². The summed E-state index contributed by atoms with van der Waals surface area (Å²) in [5.41, 5.74) is -1.06. The summed E-state index contributed by atoms with van der Waals surface area (Å²) in [6.07, 6.45) is -2.31. The van der Waals surface area contributed by atoms with Gasteiger partial charge in [-0.15, -0.1) is 0 Å². The predicted octanol–water partition coefficient (Wildman–Crippen LogP) is 2.03. The minimum atomic E-state index is -2.31. The molecule has 10 heavy (non-hydrogen) atoms. The van der Waals surface area contributed by atoms with Gasteiger partial charge in [0.05, 0.1) is 5.54 Å². The Morgan fingerprint density at radius 3 is 1.70 bits per heavy atom. The second-order valence-corrected chi connectivity index (χ2v) is 3.32. The molecule has 3 heteroatoms. The third-order valence-corrected chi connectivity index (χ3v) is 1.21. The van der Waals surface area contributed by atoms with Gasteiger partial charge in [0.1, 0.15) is 0 Å². The van der Waals surface area contributed by atoms with Crippen LogP contribution in [-0.4, -0.2) is 18.0 Å². The van der Waals surface area contributed by atoms with Crippen LogP contribution in [0.25, 0.3) is 0 Å². The van der Waals surface area contributed by atoms with Crippen LogP contribution in [0.4, 0.5) is 8.78 Å². The van der Waals surface area contributed by atoms with Crippen molar-refractivity contribution in [2.24, 2.45) is 0 Å². The Kier molecular flexibility index (Phi) is 3.22. The molecule has 0 heterocycles. The summed E-state index contributed by atoms with van der Waals surface area (Å²) in [5, 5.41) is 2.77. The molecule has 0 spiro atoms. The van der Waals surface area contributed by atoms with Crippen molar-refractivity contribution in [3.8, 4) is 0 Å². The van der Waals surface area contributed by atoms with Crippen LogP contribution in [0.15, 0.2) is 0 Å². The smallest absolute Gasteiger partial charge is 0.255 e. The third-order valence-electron chi connectivity index (χ3n) is 1.21. The molecular weight excluding hydrogens is 136 g/mol. The normalized spacial score (nSPS) is 13.2. The summed E-state index contributed by atoms with van der Waals surface area (Å²) in [6, 6.07) is 0.101. The summed E-state index contributed by atoms with van der Waals surface area (Å²) in [5.74, 6) is 0. The molecule has 0 unspecified atom stereocenters. The molecule has 0 amide bonds. The molecule has 0 aliphatic rings. The van der Waals surface area contributed by atoms with E-state index in [1.165, 1.54) is 13.8 Å². The molecule has 0 aliphatic heterocycles. The number of halogens is 2. The average molecular weight is 151 g/mol. The van der Waals surface area contributed by atoms with Gasteiger partial charge >= 0.3 is 0 Å². The van der Waals surface area contributed by atoms with Crippen LogP contribution < -0.4 is 5.32 Å². The molecular formula is C7H15F2N. The van der Waals surface area contributed by atoms with Gasteiger partial charge in [-0.25, -0.2) is 8.78 Å². The second-order valence-electron chi connectivity index (χ2n) is 3.32. The van der Waals surface area contributed by atoms with E-state index < -0.39 is 12.0 Å². The van der Waals surface area contributed by atoms with Crippen molar-refractivity contribution in [2.75, 3.05) is 0 Å². The molecule has 0 fully saturated rings. The van der Waals surface area contributed by atoms with Gasteiger partial charge < -0.3 is 5.32 Å². The zero-order valence-electron chi connectivity index (χ0n) is 6.91. The van der Waals surface area contributed by atoms with Crippen LogP contribution in [0.2, 0.25) is 0 Å². The molecule has 0 aromatic heterocycles. The first-order valence-corrected chi connectivity index (χ1v) is 3.42. The van der Waals surface area contributed by atoms with Crippen molar-refractivity contribution in [3.63, 3.8) is 0 Å². The summed E-state index contributed by atoms with van der Waals surface area (Å²) >= 11 is 0. The third kappa shape index (κ3) is 3.11. The van der Waals surface area contributed by atoms with Gasteiger partial charge in [-0.2, -0.15) is 0 Å². The lowest BCUT2D eigenvalue weighted by Crippen LogP contribution is -2.49. The highest BCUT2D eigenvalue weighted by molar-refractivity contribution is 4.81. The number of nitrogens with one attached hydrogen (secondary N) is 1. The first kappa shape index (κ1) is 9.82. The molecule has 0 saturated heterocycles. The zero-order valence-corrected chi connectivity index (χ0v) is 6.91. The number of hydrogen-bond acceptors (Lipinski definition) is 1. The minimum absolute atomic E-state index is 0.101. The number of hydrogen-bond donors (Lipinski definition) is 1. The molecule has 0 aromatic rings. The van der Waals surface area contributed by atoms with Crippen molar-refractivity contribution in [1.29, 1.82) is 0 Å². The van der Waals surface area contributed by atoms with E-state index in [0.29, 0.717) is 0 Å². The Hall–Kier alpha value is -0.180. The lowest BCUT2D eigenvalue weighted by molar-refractivity contribution is 0.0463. The van der Waals surface area contributed by atoms with Gasteiger partial charge in [0.2, 0.25) is 0 Å². The molecule has 0 bridgehead atoms. The Balaban J connectivity index is 3.87. The lowest BCUT2D eigenvalue weighted by atomic mass is 10.1. The average Bonchev–Trinajstić information content (AvgIpc) is 1.60. The van der Waals surface area contributed by atoms with E-state index in [1.54, 1.807) is 0 Å². The SMILES string of the molecule is CC(C)NC(C)(C)C(F)F. The van der Waals surface area contributed by atoms with E-state index in [2.05, 4.69) is 5.32 Å². The van der Waals surface area contributed by atoms with Crippen molar-refractivity contribution < 1.29 is 8.78 Å². The van der Waals surface area contributed by atoms with Gasteiger partial charge in [0.25, 0.3) is 6.43 Å². The molecule has 0 rings (SSSR count). The van der Waals surface area contributed by atoms with Gasteiger partial charge in [0.15, 0.2) is 0 Å². The molecule has 0 saturated carbocycles. The molecule has 1 nitrogen and oxygen atoms in total. The summed E-state index contributed by atoms with van der Waals surface area (Å²) < 4.78 is 24.2. The monoisotopic (exact) mass is 151 g/mol. The van der Waals surface area contributed by atoms with E-state index in [9.17, 15) is 8.78 Å². The quantitative estimate of drug-likeness (QED) is 0.650. The van der Waals surface area contributed by atoms with Gasteiger partial charge in [-0.1, -0.05) is 13.8 Å². The van der Waals surface area contributed by atoms with Crippen LogP contribution in [0, 0.1) is 0 Å². The fraction of sp³-hybridized carbons (Fsp3) is 1.00. The van der Waals surface area contributed by atoms with E-state index in [-0.39, 0.29) is 6.04 Å². The van der Waals surface area contributed by atoms with E-state index in [0.717, 1.165) is 0 Å². The molecule has 0 radical (unpaired) electrons. The van der Waals surface area contributed by atoms with Crippen molar-refractivity contribution in [3.05, 3.63) is 0 Å². The standard InChI is InChI=1S/C7H15F2N/c1-5(2)10-7(3,4)6(8)9/h5-6,10H,1-4H3. The maximum atomic E-state index is 12.1. The largest absolute Gasteiger partial charge is 0.305 e. The van der Waals surface area contributed by atoms with Crippen LogP contribution in [-0.2, 0) is 0 Å². The molecule has 0 aliphatic carbocycles. The minimum Gasteiger partial charge on any atom is -0.305 e.